The number of para-hydroxylation sites is 1. The first-order chi connectivity index (χ1) is 18.3. The molecule has 1 fully saturated rings. The zero-order valence-corrected chi connectivity index (χ0v) is 21.7. The molecule has 0 saturated carbocycles. The van der Waals surface area contributed by atoms with E-state index in [1.165, 1.54) is 6.08 Å². The van der Waals surface area contributed by atoms with Crippen LogP contribution in [0, 0.1) is 13.8 Å². The first kappa shape index (κ1) is 26.4. The standard InChI is InChI=1S/C31H30N2O5/c1-5-10-24-16-23(18-27(37-6-2)28(24)38-19-22-13-9-11-20(3)15-22)17-25-29(34)32-31(36)33(30(25)35)26-14-8-7-12-21(26)4/h5,7-9,11-18H,1,6,10,19H2,2-4H3,(H,32,34,36)/b25-17+. The minimum absolute atomic E-state index is 0.159. The summed E-state index contributed by atoms with van der Waals surface area (Å²) >= 11 is 0. The number of allylic oxidation sites excluding steroid dienone is 1. The Morgan fingerprint density at radius 3 is 2.47 bits per heavy atom. The van der Waals surface area contributed by atoms with Crippen molar-refractivity contribution in [2.45, 2.75) is 33.8 Å². The largest absolute Gasteiger partial charge is 0.490 e. The van der Waals surface area contributed by atoms with E-state index in [0.717, 1.165) is 27.2 Å². The van der Waals surface area contributed by atoms with Crippen LogP contribution in [0.15, 0.2) is 78.9 Å². The molecule has 0 aromatic heterocycles. The number of anilines is 1. The molecule has 0 radical (unpaired) electrons. The van der Waals surface area contributed by atoms with Crippen molar-refractivity contribution >= 4 is 29.6 Å². The SMILES string of the molecule is C=CCc1cc(/C=C2\C(=O)NC(=O)N(c3ccccc3C)C2=O)cc(OCC)c1OCc1cccc(C)c1. The molecule has 0 unspecified atom stereocenters. The van der Waals surface area contributed by atoms with Gasteiger partial charge in [-0.15, -0.1) is 6.58 Å². The molecule has 1 N–H and O–H groups in total. The highest BCUT2D eigenvalue weighted by Crippen LogP contribution is 2.36. The van der Waals surface area contributed by atoms with Gasteiger partial charge in [-0.3, -0.25) is 14.9 Å². The molecule has 1 aliphatic heterocycles. The summed E-state index contributed by atoms with van der Waals surface area (Å²) in [5.41, 5.74) is 4.49. The molecule has 38 heavy (non-hydrogen) atoms. The number of barbiturate groups is 1. The van der Waals surface area contributed by atoms with Crippen molar-refractivity contribution in [3.05, 3.63) is 107 Å². The molecular formula is C31H30N2O5. The molecule has 1 heterocycles. The quantitative estimate of drug-likeness (QED) is 0.228. The number of hydrogen-bond donors (Lipinski definition) is 1. The molecule has 1 aliphatic rings. The summed E-state index contributed by atoms with van der Waals surface area (Å²) < 4.78 is 12.1. The van der Waals surface area contributed by atoms with Gasteiger partial charge in [0.2, 0.25) is 0 Å². The van der Waals surface area contributed by atoms with Crippen LogP contribution >= 0.6 is 0 Å². The van der Waals surface area contributed by atoms with Gasteiger partial charge in [0.15, 0.2) is 11.5 Å². The van der Waals surface area contributed by atoms with Crippen molar-refractivity contribution in [2.24, 2.45) is 0 Å². The predicted octanol–water partition coefficient (Wildman–Crippen LogP) is 5.68. The Morgan fingerprint density at radius 1 is 0.974 bits per heavy atom. The summed E-state index contributed by atoms with van der Waals surface area (Å²) in [5.74, 6) is -0.391. The fourth-order valence-electron chi connectivity index (χ4n) is 4.32. The highest BCUT2D eigenvalue weighted by molar-refractivity contribution is 6.39. The lowest BCUT2D eigenvalue weighted by atomic mass is 10.0. The van der Waals surface area contributed by atoms with E-state index < -0.39 is 17.8 Å². The van der Waals surface area contributed by atoms with Crippen molar-refractivity contribution in [1.29, 1.82) is 0 Å². The van der Waals surface area contributed by atoms with Crippen LogP contribution in [-0.2, 0) is 22.6 Å². The molecule has 194 valence electrons. The molecule has 0 bridgehead atoms. The van der Waals surface area contributed by atoms with E-state index in [0.29, 0.717) is 42.4 Å². The lowest BCUT2D eigenvalue weighted by Crippen LogP contribution is -2.54. The lowest BCUT2D eigenvalue weighted by molar-refractivity contribution is -0.122. The second-order valence-corrected chi connectivity index (χ2v) is 8.96. The third kappa shape index (κ3) is 5.67. The average molecular weight is 511 g/mol. The number of nitrogens with zero attached hydrogens (tertiary/aromatic N) is 1. The number of carbonyl (C=O) groups is 3. The van der Waals surface area contributed by atoms with Gasteiger partial charge < -0.3 is 9.47 Å². The molecule has 0 atom stereocenters. The Balaban J connectivity index is 1.73. The summed E-state index contributed by atoms with van der Waals surface area (Å²) in [5, 5.41) is 2.28. The number of benzene rings is 3. The van der Waals surface area contributed by atoms with Crippen LogP contribution in [0.3, 0.4) is 0 Å². The summed E-state index contributed by atoms with van der Waals surface area (Å²) in [6.45, 7) is 10.3. The third-order valence-corrected chi connectivity index (χ3v) is 6.05. The fraction of sp³-hybridized carbons (Fsp3) is 0.194. The van der Waals surface area contributed by atoms with E-state index in [9.17, 15) is 14.4 Å². The van der Waals surface area contributed by atoms with Gasteiger partial charge in [-0.05, 0) is 68.2 Å². The minimum atomic E-state index is -0.784. The summed E-state index contributed by atoms with van der Waals surface area (Å²) in [7, 11) is 0. The van der Waals surface area contributed by atoms with Crippen LogP contribution in [0.1, 0.15) is 34.7 Å². The van der Waals surface area contributed by atoms with E-state index in [4.69, 9.17) is 9.47 Å². The van der Waals surface area contributed by atoms with Crippen molar-refractivity contribution in [3.63, 3.8) is 0 Å². The van der Waals surface area contributed by atoms with E-state index in [2.05, 4.69) is 18.0 Å². The summed E-state index contributed by atoms with van der Waals surface area (Å²) in [6, 6.07) is 17.8. The molecule has 4 amide bonds. The predicted molar refractivity (Wildman–Crippen MR) is 147 cm³/mol. The lowest BCUT2D eigenvalue weighted by Gasteiger charge is -2.27. The number of ether oxygens (including phenoxy) is 2. The summed E-state index contributed by atoms with van der Waals surface area (Å²) in [6.07, 6.45) is 3.70. The molecule has 7 heteroatoms. The van der Waals surface area contributed by atoms with Gasteiger partial charge in [-0.2, -0.15) is 0 Å². The average Bonchev–Trinajstić information content (AvgIpc) is 2.87. The number of aryl methyl sites for hydroxylation is 2. The van der Waals surface area contributed by atoms with Gasteiger partial charge in [0.05, 0.1) is 12.3 Å². The van der Waals surface area contributed by atoms with E-state index >= 15 is 0 Å². The molecule has 3 aromatic carbocycles. The number of amides is 4. The molecule has 0 spiro atoms. The molecule has 1 saturated heterocycles. The van der Waals surface area contributed by atoms with Gasteiger partial charge in [0.25, 0.3) is 11.8 Å². The van der Waals surface area contributed by atoms with Gasteiger partial charge in [-0.25, -0.2) is 9.69 Å². The summed E-state index contributed by atoms with van der Waals surface area (Å²) in [4.78, 5) is 39.7. The molecule has 3 aromatic rings. The van der Waals surface area contributed by atoms with Gasteiger partial charge in [0.1, 0.15) is 12.2 Å². The van der Waals surface area contributed by atoms with E-state index in [1.54, 1.807) is 37.3 Å². The van der Waals surface area contributed by atoms with Crippen molar-refractivity contribution < 1.29 is 23.9 Å². The normalized spacial score (nSPS) is 14.4. The fourth-order valence-corrected chi connectivity index (χ4v) is 4.32. The second-order valence-electron chi connectivity index (χ2n) is 8.96. The monoisotopic (exact) mass is 510 g/mol. The maximum atomic E-state index is 13.4. The number of urea groups is 1. The highest BCUT2D eigenvalue weighted by atomic mass is 16.5. The highest BCUT2D eigenvalue weighted by Gasteiger charge is 2.37. The van der Waals surface area contributed by atoms with Crippen LogP contribution in [0.5, 0.6) is 11.5 Å². The van der Waals surface area contributed by atoms with Gasteiger partial charge >= 0.3 is 6.03 Å². The maximum Gasteiger partial charge on any atom is 0.335 e. The van der Waals surface area contributed by atoms with Gasteiger partial charge in [0, 0.05) is 5.56 Å². The van der Waals surface area contributed by atoms with Crippen molar-refractivity contribution in [1.82, 2.24) is 5.32 Å². The second kappa shape index (κ2) is 11.6. The van der Waals surface area contributed by atoms with Crippen molar-refractivity contribution in [3.8, 4) is 11.5 Å². The zero-order chi connectivity index (χ0) is 27.2. The van der Waals surface area contributed by atoms with Crippen LogP contribution in [0.4, 0.5) is 10.5 Å². The molecular weight excluding hydrogens is 480 g/mol. The topological polar surface area (TPSA) is 84.9 Å². The first-order valence-electron chi connectivity index (χ1n) is 12.4. The Kier molecular flexibility index (Phi) is 8.06. The van der Waals surface area contributed by atoms with Crippen LogP contribution in [0.2, 0.25) is 0 Å². The number of hydrogen-bond acceptors (Lipinski definition) is 5. The van der Waals surface area contributed by atoms with Crippen LogP contribution in [-0.4, -0.2) is 24.5 Å². The Hall–Kier alpha value is -4.65. The Morgan fingerprint density at radius 2 is 1.76 bits per heavy atom. The number of imide groups is 2. The van der Waals surface area contributed by atoms with Gasteiger partial charge in [-0.1, -0.05) is 54.1 Å². The molecule has 4 rings (SSSR count). The van der Waals surface area contributed by atoms with Crippen molar-refractivity contribution in [2.75, 3.05) is 11.5 Å². The molecule has 0 aliphatic carbocycles. The van der Waals surface area contributed by atoms with E-state index in [1.807, 2.05) is 44.2 Å². The zero-order valence-electron chi connectivity index (χ0n) is 21.7. The van der Waals surface area contributed by atoms with E-state index in [-0.39, 0.29) is 5.57 Å². The minimum Gasteiger partial charge on any atom is -0.490 e. The number of rotatable bonds is 9. The first-order valence-corrected chi connectivity index (χ1v) is 12.4. The van der Waals surface area contributed by atoms with Crippen LogP contribution < -0.4 is 19.7 Å². The number of carbonyl (C=O) groups excluding carboxylic acids is 3. The Labute approximate surface area is 222 Å². The molecule has 7 nitrogen and oxygen atoms in total. The maximum absolute atomic E-state index is 13.4. The number of nitrogens with one attached hydrogen (secondary N) is 1. The Bertz CT molecular complexity index is 1440. The smallest absolute Gasteiger partial charge is 0.335 e. The van der Waals surface area contributed by atoms with Crippen LogP contribution in [0.25, 0.3) is 6.08 Å². The third-order valence-electron chi connectivity index (χ3n) is 6.05.